The fourth-order valence-corrected chi connectivity index (χ4v) is 2.76. The number of esters is 1. The highest BCUT2D eigenvalue weighted by molar-refractivity contribution is 6.01. The normalized spacial score (nSPS) is 22.9. The molecule has 2 rings (SSSR count). The summed E-state index contributed by atoms with van der Waals surface area (Å²) >= 11 is 0. The first-order valence-electron chi connectivity index (χ1n) is 8.77. The van der Waals surface area contributed by atoms with Gasteiger partial charge >= 0.3 is 18.2 Å². The molecule has 0 aliphatic carbocycles. The molecule has 3 unspecified atom stereocenters. The van der Waals surface area contributed by atoms with Crippen molar-refractivity contribution >= 4 is 30.0 Å². The molecule has 0 radical (unpaired) electrons. The molecule has 2 aliphatic heterocycles. The number of carbonyl (C=O) groups excluding carboxylic acids is 5. The lowest BCUT2D eigenvalue weighted by Crippen LogP contribution is -2.34. The lowest BCUT2D eigenvalue weighted by atomic mass is 10.0. The molecule has 0 spiro atoms. The Labute approximate surface area is 155 Å². The number of nitrogens with zero attached hydrogens (tertiary/aromatic N) is 1. The van der Waals surface area contributed by atoms with Crippen molar-refractivity contribution in [1.29, 1.82) is 0 Å². The number of ether oxygens (including phenoxy) is 2. The fourth-order valence-electron chi connectivity index (χ4n) is 2.76. The third-order valence-corrected chi connectivity index (χ3v) is 4.16. The topological polar surface area (TPSA) is 140 Å². The van der Waals surface area contributed by atoms with Gasteiger partial charge in [-0.3, -0.25) is 19.2 Å². The summed E-state index contributed by atoms with van der Waals surface area (Å²) < 4.78 is 9.60. The van der Waals surface area contributed by atoms with Crippen LogP contribution in [0.5, 0.6) is 0 Å². The first-order chi connectivity index (χ1) is 12.8. The molecule has 0 aromatic rings. The van der Waals surface area contributed by atoms with Crippen LogP contribution >= 0.6 is 0 Å². The molecular weight excluding hydrogens is 362 g/mol. The number of hydrogen-bond acceptors (Lipinski definition) is 8. The molecule has 3 atom stereocenters. The van der Waals surface area contributed by atoms with Crippen molar-refractivity contribution in [2.24, 2.45) is 0 Å². The molecule has 2 fully saturated rings. The van der Waals surface area contributed by atoms with E-state index in [-0.39, 0.29) is 37.4 Å². The van der Waals surface area contributed by atoms with Crippen LogP contribution in [0.3, 0.4) is 0 Å². The number of rotatable bonds is 8. The molecule has 11 heteroatoms. The van der Waals surface area contributed by atoms with Crippen molar-refractivity contribution in [3.63, 3.8) is 0 Å². The van der Waals surface area contributed by atoms with Gasteiger partial charge in [0.15, 0.2) is 0 Å². The van der Waals surface area contributed by atoms with E-state index < -0.39 is 30.2 Å². The molecule has 0 saturated carbocycles. The minimum Gasteiger partial charge on any atom is -0.425 e. The average Bonchev–Trinajstić information content (AvgIpc) is 3.06. The van der Waals surface area contributed by atoms with Gasteiger partial charge in [0, 0.05) is 32.2 Å². The van der Waals surface area contributed by atoms with Gasteiger partial charge in [0.25, 0.3) is 11.8 Å². The van der Waals surface area contributed by atoms with Gasteiger partial charge in [-0.2, -0.15) is 0 Å². The molecule has 4 amide bonds. The standard InChI is InChI=1S/C16H23N3O8/c1-9-11(18-15(23)17-9)5-3-4-6-14(22)25-10(2)26-16(24)27-19-12(20)7-8-13(19)21/h9-11H,3-8H2,1-2H3,(H2,17,18,23). The summed E-state index contributed by atoms with van der Waals surface area (Å²) in [7, 11) is 0. The Kier molecular flexibility index (Phi) is 6.97. The van der Waals surface area contributed by atoms with E-state index in [1.54, 1.807) is 0 Å². The van der Waals surface area contributed by atoms with Crippen LogP contribution in [-0.2, 0) is 28.7 Å². The summed E-state index contributed by atoms with van der Waals surface area (Å²) in [5.41, 5.74) is 0. The first-order valence-corrected chi connectivity index (χ1v) is 8.77. The number of hydrogen-bond donors (Lipinski definition) is 2. The number of carbonyl (C=O) groups is 5. The quantitative estimate of drug-likeness (QED) is 0.270. The Balaban J connectivity index is 1.59. The second kappa shape index (κ2) is 9.19. The molecule has 0 aromatic carbocycles. The highest BCUT2D eigenvalue weighted by Crippen LogP contribution is 2.14. The van der Waals surface area contributed by atoms with E-state index in [1.807, 2.05) is 6.92 Å². The molecule has 11 nitrogen and oxygen atoms in total. The maximum atomic E-state index is 11.7. The predicted molar refractivity (Wildman–Crippen MR) is 87.6 cm³/mol. The Morgan fingerprint density at radius 2 is 1.78 bits per heavy atom. The van der Waals surface area contributed by atoms with Gasteiger partial charge in [-0.15, -0.1) is 0 Å². The van der Waals surface area contributed by atoms with Crippen molar-refractivity contribution in [1.82, 2.24) is 15.7 Å². The summed E-state index contributed by atoms with van der Waals surface area (Å²) in [4.78, 5) is 61.6. The monoisotopic (exact) mass is 385 g/mol. The summed E-state index contributed by atoms with van der Waals surface area (Å²) in [6.45, 7) is 3.21. The van der Waals surface area contributed by atoms with Crippen molar-refractivity contribution in [3.05, 3.63) is 0 Å². The Bertz CT molecular complexity index is 607. The van der Waals surface area contributed by atoms with Gasteiger partial charge in [0.2, 0.25) is 6.29 Å². The molecule has 150 valence electrons. The number of nitrogens with one attached hydrogen (secondary N) is 2. The van der Waals surface area contributed by atoms with Crippen molar-refractivity contribution in [3.8, 4) is 0 Å². The van der Waals surface area contributed by atoms with Gasteiger partial charge < -0.3 is 20.1 Å². The number of urea groups is 1. The molecule has 2 aliphatic rings. The van der Waals surface area contributed by atoms with Crippen LogP contribution in [0.25, 0.3) is 0 Å². The Morgan fingerprint density at radius 1 is 1.11 bits per heavy atom. The SMILES string of the molecule is CC(OC(=O)CCCCC1NC(=O)NC1C)OC(=O)ON1C(=O)CCC1=O. The zero-order chi connectivity index (χ0) is 20.0. The summed E-state index contributed by atoms with van der Waals surface area (Å²) in [5.74, 6) is -1.83. The number of amides is 4. The zero-order valence-corrected chi connectivity index (χ0v) is 15.2. The Hall–Kier alpha value is -2.85. The van der Waals surface area contributed by atoms with Crippen LogP contribution in [0.4, 0.5) is 9.59 Å². The van der Waals surface area contributed by atoms with E-state index in [1.165, 1.54) is 6.92 Å². The highest BCUT2D eigenvalue weighted by atomic mass is 16.9. The van der Waals surface area contributed by atoms with Crippen molar-refractivity contribution in [2.75, 3.05) is 0 Å². The second-order valence-corrected chi connectivity index (χ2v) is 6.36. The number of imide groups is 1. The van der Waals surface area contributed by atoms with Gasteiger partial charge in [0.05, 0.1) is 6.04 Å². The van der Waals surface area contributed by atoms with E-state index in [9.17, 15) is 24.0 Å². The molecule has 2 N–H and O–H groups in total. The van der Waals surface area contributed by atoms with E-state index in [2.05, 4.69) is 20.2 Å². The summed E-state index contributed by atoms with van der Waals surface area (Å²) in [5, 5.41) is 5.88. The van der Waals surface area contributed by atoms with E-state index >= 15 is 0 Å². The molecule has 0 aromatic heterocycles. The maximum Gasteiger partial charge on any atom is 0.537 e. The van der Waals surface area contributed by atoms with Crippen LogP contribution < -0.4 is 10.6 Å². The smallest absolute Gasteiger partial charge is 0.425 e. The van der Waals surface area contributed by atoms with Gasteiger partial charge in [-0.25, -0.2) is 9.59 Å². The minimum atomic E-state index is -1.31. The Morgan fingerprint density at radius 3 is 2.37 bits per heavy atom. The van der Waals surface area contributed by atoms with E-state index in [4.69, 9.17) is 4.74 Å². The average molecular weight is 385 g/mol. The zero-order valence-electron chi connectivity index (χ0n) is 15.2. The lowest BCUT2D eigenvalue weighted by Gasteiger charge is -2.16. The van der Waals surface area contributed by atoms with E-state index in [0.717, 1.165) is 6.42 Å². The molecule has 0 bridgehead atoms. The third kappa shape index (κ3) is 6.12. The third-order valence-electron chi connectivity index (χ3n) is 4.16. The molecule has 2 saturated heterocycles. The van der Waals surface area contributed by atoms with Gasteiger partial charge in [-0.05, 0) is 19.8 Å². The highest BCUT2D eigenvalue weighted by Gasteiger charge is 2.34. The fraction of sp³-hybridized carbons (Fsp3) is 0.688. The predicted octanol–water partition coefficient (Wildman–Crippen LogP) is 0.723. The first kappa shape index (κ1) is 20.5. The van der Waals surface area contributed by atoms with Crippen LogP contribution in [-0.4, -0.2) is 53.4 Å². The second-order valence-electron chi connectivity index (χ2n) is 6.36. The largest absolute Gasteiger partial charge is 0.537 e. The molecule has 27 heavy (non-hydrogen) atoms. The number of unbranched alkanes of at least 4 members (excludes halogenated alkanes) is 1. The maximum absolute atomic E-state index is 11.7. The van der Waals surface area contributed by atoms with Crippen molar-refractivity contribution < 1.29 is 38.3 Å². The lowest BCUT2D eigenvalue weighted by molar-refractivity contribution is -0.191. The van der Waals surface area contributed by atoms with Crippen LogP contribution in [0.2, 0.25) is 0 Å². The number of hydroxylamine groups is 2. The summed E-state index contributed by atoms with van der Waals surface area (Å²) in [6, 6.07) is -0.123. The molecule has 2 heterocycles. The summed E-state index contributed by atoms with van der Waals surface area (Å²) in [6.07, 6.45) is -0.494. The minimum absolute atomic E-state index is 0.0292. The van der Waals surface area contributed by atoms with Crippen LogP contribution in [0.1, 0.15) is 52.4 Å². The van der Waals surface area contributed by atoms with Crippen LogP contribution in [0, 0.1) is 0 Å². The van der Waals surface area contributed by atoms with E-state index in [0.29, 0.717) is 17.9 Å². The van der Waals surface area contributed by atoms with Gasteiger partial charge in [0.1, 0.15) is 0 Å². The van der Waals surface area contributed by atoms with Crippen molar-refractivity contribution in [2.45, 2.75) is 70.7 Å². The van der Waals surface area contributed by atoms with Gasteiger partial charge in [-0.1, -0.05) is 11.5 Å². The molecular formula is C16H23N3O8. The van der Waals surface area contributed by atoms with Crippen LogP contribution in [0.15, 0.2) is 0 Å².